The number of rotatable bonds is 7. The standard InChI is InChI=1S/C25H28N2O6/c1-15(2)33-25(31)18-5-7-21(8-6-18)27-13-19(12-23(27)29)24(30)32-14-22(28)26-20-10-16(3)9-17(4)11-20/h5-11,15,19H,12-14H2,1-4H3,(H,26,28)/t19-/m1/s1. The maximum atomic E-state index is 12.4. The second-order valence-electron chi connectivity index (χ2n) is 8.44. The number of carbonyl (C=O) groups excluding carboxylic acids is 4. The molecule has 1 aliphatic heterocycles. The van der Waals surface area contributed by atoms with Crippen LogP contribution in [0.3, 0.4) is 0 Å². The lowest BCUT2D eigenvalue weighted by Crippen LogP contribution is -2.28. The molecule has 0 aromatic heterocycles. The summed E-state index contributed by atoms with van der Waals surface area (Å²) >= 11 is 0. The minimum Gasteiger partial charge on any atom is -0.459 e. The van der Waals surface area contributed by atoms with Crippen molar-refractivity contribution in [2.45, 2.75) is 40.2 Å². The molecule has 1 aliphatic rings. The number of amides is 2. The van der Waals surface area contributed by atoms with Crippen LogP contribution in [0.1, 0.15) is 41.8 Å². The average molecular weight is 453 g/mol. The highest BCUT2D eigenvalue weighted by Crippen LogP contribution is 2.26. The van der Waals surface area contributed by atoms with E-state index in [0.29, 0.717) is 16.9 Å². The van der Waals surface area contributed by atoms with E-state index in [1.807, 2.05) is 32.0 Å². The Hall–Kier alpha value is -3.68. The minimum atomic E-state index is -0.669. The summed E-state index contributed by atoms with van der Waals surface area (Å²) in [5.74, 6) is -2.38. The molecular weight excluding hydrogens is 424 g/mol. The molecule has 0 radical (unpaired) electrons. The zero-order valence-corrected chi connectivity index (χ0v) is 19.2. The van der Waals surface area contributed by atoms with Crippen molar-refractivity contribution in [1.29, 1.82) is 0 Å². The minimum absolute atomic E-state index is 0.00529. The number of benzene rings is 2. The van der Waals surface area contributed by atoms with Crippen molar-refractivity contribution in [3.8, 4) is 0 Å². The van der Waals surface area contributed by atoms with Crippen molar-refractivity contribution in [3.63, 3.8) is 0 Å². The van der Waals surface area contributed by atoms with Gasteiger partial charge >= 0.3 is 11.9 Å². The average Bonchev–Trinajstić information content (AvgIpc) is 3.12. The van der Waals surface area contributed by atoms with Gasteiger partial charge in [-0.25, -0.2) is 4.79 Å². The van der Waals surface area contributed by atoms with Crippen LogP contribution in [0, 0.1) is 19.8 Å². The molecule has 1 atom stereocenters. The first-order chi connectivity index (χ1) is 15.6. The van der Waals surface area contributed by atoms with Gasteiger partial charge in [-0.15, -0.1) is 0 Å². The summed E-state index contributed by atoms with van der Waals surface area (Å²) in [5.41, 5.74) is 3.61. The van der Waals surface area contributed by atoms with Crippen LogP contribution in [0.2, 0.25) is 0 Å². The third kappa shape index (κ3) is 6.41. The third-order valence-electron chi connectivity index (χ3n) is 5.07. The third-order valence-corrected chi connectivity index (χ3v) is 5.07. The number of anilines is 2. The number of carbonyl (C=O) groups is 4. The molecule has 1 heterocycles. The van der Waals surface area contributed by atoms with Gasteiger partial charge < -0.3 is 19.7 Å². The Morgan fingerprint density at radius 3 is 2.30 bits per heavy atom. The number of hydrogen-bond donors (Lipinski definition) is 1. The normalized spacial score (nSPS) is 15.5. The van der Waals surface area contributed by atoms with Crippen molar-refractivity contribution in [2.24, 2.45) is 5.92 Å². The van der Waals surface area contributed by atoms with Crippen molar-refractivity contribution >= 4 is 35.1 Å². The Balaban J connectivity index is 1.53. The maximum Gasteiger partial charge on any atom is 0.338 e. The molecule has 33 heavy (non-hydrogen) atoms. The van der Waals surface area contributed by atoms with Crippen molar-refractivity contribution in [3.05, 3.63) is 59.2 Å². The molecule has 0 aliphatic carbocycles. The molecule has 3 rings (SSSR count). The first-order valence-corrected chi connectivity index (χ1v) is 10.8. The first kappa shape index (κ1) is 24.0. The molecule has 0 saturated carbocycles. The first-order valence-electron chi connectivity index (χ1n) is 10.8. The molecule has 1 N–H and O–H groups in total. The van der Waals surface area contributed by atoms with E-state index in [4.69, 9.17) is 9.47 Å². The van der Waals surface area contributed by atoms with Gasteiger partial charge in [0.05, 0.1) is 17.6 Å². The summed E-state index contributed by atoms with van der Waals surface area (Å²) in [6.07, 6.45) is -0.235. The lowest BCUT2D eigenvalue weighted by atomic mass is 10.1. The number of ether oxygens (including phenoxy) is 2. The van der Waals surface area contributed by atoms with Gasteiger partial charge in [-0.2, -0.15) is 0 Å². The predicted molar refractivity (Wildman–Crippen MR) is 123 cm³/mol. The molecule has 1 saturated heterocycles. The molecule has 2 amide bonds. The van der Waals surface area contributed by atoms with Gasteiger partial charge in [0, 0.05) is 24.3 Å². The fourth-order valence-corrected chi connectivity index (χ4v) is 3.67. The Morgan fingerprint density at radius 2 is 1.70 bits per heavy atom. The van der Waals surface area contributed by atoms with Crippen LogP contribution in [0.25, 0.3) is 0 Å². The lowest BCUT2D eigenvalue weighted by Gasteiger charge is -2.17. The zero-order chi connectivity index (χ0) is 24.1. The molecule has 8 heteroatoms. The Kier molecular flexibility index (Phi) is 7.48. The van der Waals surface area contributed by atoms with Gasteiger partial charge in [0.2, 0.25) is 5.91 Å². The van der Waals surface area contributed by atoms with E-state index in [9.17, 15) is 19.2 Å². The second kappa shape index (κ2) is 10.3. The van der Waals surface area contributed by atoms with Gasteiger partial charge in [-0.05, 0) is 75.2 Å². The smallest absolute Gasteiger partial charge is 0.338 e. The second-order valence-corrected chi connectivity index (χ2v) is 8.44. The highest BCUT2D eigenvalue weighted by atomic mass is 16.5. The Bertz CT molecular complexity index is 1040. The predicted octanol–water partition coefficient (Wildman–Crippen LogP) is 3.40. The maximum absolute atomic E-state index is 12.4. The SMILES string of the molecule is Cc1cc(C)cc(NC(=O)COC(=O)[C@@H]2CC(=O)N(c3ccc(C(=O)OC(C)C)cc3)C2)c1. The molecular formula is C25H28N2O6. The summed E-state index contributed by atoms with van der Waals surface area (Å²) in [4.78, 5) is 50.5. The van der Waals surface area contributed by atoms with Crippen LogP contribution in [0.15, 0.2) is 42.5 Å². The van der Waals surface area contributed by atoms with Gasteiger partial charge in [-0.3, -0.25) is 14.4 Å². The molecule has 0 spiro atoms. The van der Waals surface area contributed by atoms with E-state index in [1.165, 1.54) is 4.90 Å². The zero-order valence-electron chi connectivity index (χ0n) is 19.2. The summed E-state index contributed by atoms with van der Waals surface area (Å²) < 4.78 is 10.3. The number of esters is 2. The highest BCUT2D eigenvalue weighted by Gasteiger charge is 2.36. The van der Waals surface area contributed by atoms with Gasteiger partial charge in [0.1, 0.15) is 0 Å². The van der Waals surface area contributed by atoms with Crippen LogP contribution in [-0.4, -0.2) is 43.0 Å². The Morgan fingerprint density at radius 1 is 1.06 bits per heavy atom. The summed E-state index contributed by atoms with van der Waals surface area (Å²) in [6.45, 7) is 7.10. The quantitative estimate of drug-likeness (QED) is 0.646. The molecule has 0 unspecified atom stereocenters. The van der Waals surface area contributed by atoms with E-state index < -0.39 is 30.4 Å². The summed E-state index contributed by atoms with van der Waals surface area (Å²) in [7, 11) is 0. The highest BCUT2D eigenvalue weighted by molar-refractivity contribution is 6.00. The van der Waals surface area contributed by atoms with Gasteiger partial charge in [-0.1, -0.05) is 6.07 Å². The van der Waals surface area contributed by atoms with Crippen molar-refractivity contribution in [2.75, 3.05) is 23.4 Å². The topological polar surface area (TPSA) is 102 Å². The van der Waals surface area contributed by atoms with E-state index in [0.717, 1.165) is 11.1 Å². The van der Waals surface area contributed by atoms with E-state index in [1.54, 1.807) is 38.1 Å². The largest absolute Gasteiger partial charge is 0.459 e. The summed E-state index contributed by atoms with van der Waals surface area (Å²) in [5, 5.41) is 2.71. The van der Waals surface area contributed by atoms with Crippen LogP contribution >= 0.6 is 0 Å². The molecule has 174 valence electrons. The molecule has 0 bridgehead atoms. The fourth-order valence-electron chi connectivity index (χ4n) is 3.67. The number of nitrogens with zero attached hydrogens (tertiary/aromatic N) is 1. The monoisotopic (exact) mass is 452 g/mol. The van der Waals surface area contributed by atoms with E-state index in [2.05, 4.69) is 5.32 Å². The Labute approximate surface area is 192 Å². The molecule has 2 aromatic rings. The van der Waals surface area contributed by atoms with Crippen molar-refractivity contribution in [1.82, 2.24) is 0 Å². The fraction of sp³-hybridized carbons (Fsp3) is 0.360. The van der Waals surface area contributed by atoms with Gasteiger partial charge in [0.15, 0.2) is 6.61 Å². The van der Waals surface area contributed by atoms with E-state index in [-0.39, 0.29) is 25.0 Å². The number of hydrogen-bond acceptors (Lipinski definition) is 6. The number of aryl methyl sites for hydroxylation is 2. The molecule has 1 fully saturated rings. The number of nitrogens with one attached hydrogen (secondary N) is 1. The van der Waals surface area contributed by atoms with Crippen LogP contribution < -0.4 is 10.2 Å². The van der Waals surface area contributed by atoms with Crippen LogP contribution in [-0.2, 0) is 23.9 Å². The summed E-state index contributed by atoms with van der Waals surface area (Å²) in [6, 6.07) is 12.1. The van der Waals surface area contributed by atoms with Gasteiger partial charge in [0.25, 0.3) is 5.91 Å². The molecule has 2 aromatic carbocycles. The van der Waals surface area contributed by atoms with Crippen LogP contribution in [0.5, 0.6) is 0 Å². The van der Waals surface area contributed by atoms with Crippen LogP contribution in [0.4, 0.5) is 11.4 Å². The lowest BCUT2D eigenvalue weighted by molar-refractivity contribution is -0.151. The van der Waals surface area contributed by atoms with E-state index >= 15 is 0 Å². The van der Waals surface area contributed by atoms with Crippen molar-refractivity contribution < 1.29 is 28.7 Å². The molecule has 8 nitrogen and oxygen atoms in total.